The first-order valence-electron chi connectivity index (χ1n) is 8.67. The van der Waals surface area contributed by atoms with Gasteiger partial charge in [0.15, 0.2) is 9.84 Å². The van der Waals surface area contributed by atoms with E-state index >= 15 is 0 Å². The maximum atomic E-state index is 12.3. The lowest BCUT2D eigenvalue weighted by Gasteiger charge is -2.12. The van der Waals surface area contributed by atoms with Crippen molar-refractivity contribution in [2.75, 3.05) is 18.1 Å². The first-order chi connectivity index (χ1) is 11.4. The Hall–Kier alpha value is -1.63. The Kier molecular flexibility index (Phi) is 5.08. The molecule has 1 aliphatic carbocycles. The van der Waals surface area contributed by atoms with Gasteiger partial charge in [-0.15, -0.1) is 0 Å². The Morgan fingerprint density at radius 1 is 1.42 bits per heavy atom. The molecule has 132 valence electrons. The molecule has 0 saturated carbocycles. The average molecular weight is 351 g/mol. The fourth-order valence-electron chi connectivity index (χ4n) is 3.50. The van der Waals surface area contributed by atoms with Crippen molar-refractivity contribution in [1.29, 1.82) is 0 Å². The SMILES string of the molecule is Cc1cc(C(=O)NCCC2=CCCCC2)nn1C1CCS(=O)(=O)C1. The maximum absolute atomic E-state index is 12.3. The molecular weight excluding hydrogens is 326 g/mol. The zero-order valence-electron chi connectivity index (χ0n) is 14.1. The van der Waals surface area contributed by atoms with E-state index < -0.39 is 9.84 Å². The van der Waals surface area contributed by atoms with Crippen LogP contribution in [0.4, 0.5) is 0 Å². The highest BCUT2D eigenvalue weighted by Gasteiger charge is 2.31. The van der Waals surface area contributed by atoms with Crippen LogP contribution < -0.4 is 5.32 Å². The summed E-state index contributed by atoms with van der Waals surface area (Å²) in [7, 11) is -2.97. The summed E-state index contributed by atoms with van der Waals surface area (Å²) in [5, 5.41) is 7.27. The molecule has 7 heteroatoms. The van der Waals surface area contributed by atoms with Crippen molar-refractivity contribution >= 4 is 15.7 Å². The summed E-state index contributed by atoms with van der Waals surface area (Å²) in [6.07, 6.45) is 8.55. The Balaban J connectivity index is 1.57. The van der Waals surface area contributed by atoms with Gasteiger partial charge < -0.3 is 5.32 Å². The van der Waals surface area contributed by atoms with Gasteiger partial charge in [0.25, 0.3) is 5.91 Å². The van der Waals surface area contributed by atoms with Gasteiger partial charge in [-0.1, -0.05) is 11.6 Å². The van der Waals surface area contributed by atoms with Gasteiger partial charge in [-0.3, -0.25) is 9.48 Å². The summed E-state index contributed by atoms with van der Waals surface area (Å²) in [6.45, 7) is 2.48. The first-order valence-corrected chi connectivity index (χ1v) is 10.5. The normalized spacial score (nSPS) is 23.0. The van der Waals surface area contributed by atoms with E-state index in [9.17, 15) is 13.2 Å². The van der Waals surface area contributed by atoms with E-state index in [4.69, 9.17) is 0 Å². The van der Waals surface area contributed by atoms with Crippen LogP contribution in [0.25, 0.3) is 0 Å². The number of nitrogens with one attached hydrogen (secondary N) is 1. The van der Waals surface area contributed by atoms with Gasteiger partial charge in [-0.25, -0.2) is 8.42 Å². The number of sulfone groups is 1. The molecule has 1 atom stereocenters. The minimum Gasteiger partial charge on any atom is -0.350 e. The van der Waals surface area contributed by atoms with Gasteiger partial charge in [0.05, 0.1) is 17.5 Å². The summed E-state index contributed by atoms with van der Waals surface area (Å²) in [5.41, 5.74) is 2.63. The smallest absolute Gasteiger partial charge is 0.271 e. The molecule has 0 radical (unpaired) electrons. The number of amides is 1. The van der Waals surface area contributed by atoms with Crippen LogP contribution in [0.15, 0.2) is 17.7 Å². The molecule has 0 spiro atoms. The summed E-state index contributed by atoms with van der Waals surface area (Å²) in [4.78, 5) is 12.3. The van der Waals surface area contributed by atoms with Crippen LogP contribution in [0.1, 0.15) is 60.7 Å². The van der Waals surface area contributed by atoms with Crippen LogP contribution in [-0.2, 0) is 9.84 Å². The Labute approximate surface area is 143 Å². The van der Waals surface area contributed by atoms with Crippen LogP contribution in [-0.4, -0.2) is 42.2 Å². The molecule has 0 aromatic carbocycles. The number of allylic oxidation sites excluding steroid dienone is 1. The van der Waals surface area contributed by atoms with E-state index in [1.54, 1.807) is 10.7 Å². The minimum absolute atomic E-state index is 0.116. The van der Waals surface area contributed by atoms with Crippen LogP contribution in [0.5, 0.6) is 0 Å². The molecule has 0 bridgehead atoms. The van der Waals surface area contributed by atoms with Gasteiger partial charge in [-0.05, 0) is 51.5 Å². The molecule has 3 rings (SSSR count). The summed E-state index contributed by atoms with van der Waals surface area (Å²) < 4.78 is 25.0. The van der Waals surface area contributed by atoms with Crippen LogP contribution >= 0.6 is 0 Å². The third-order valence-electron chi connectivity index (χ3n) is 4.83. The molecule has 1 N–H and O–H groups in total. The second kappa shape index (κ2) is 7.09. The van der Waals surface area contributed by atoms with Gasteiger partial charge >= 0.3 is 0 Å². The molecule has 1 aromatic heterocycles. The quantitative estimate of drug-likeness (QED) is 0.825. The number of carbonyl (C=O) groups is 1. The summed E-state index contributed by atoms with van der Waals surface area (Å²) >= 11 is 0. The number of aryl methyl sites for hydroxylation is 1. The van der Waals surface area contributed by atoms with Crippen molar-refractivity contribution < 1.29 is 13.2 Å². The lowest BCUT2D eigenvalue weighted by atomic mass is 9.97. The molecule has 1 amide bonds. The summed E-state index contributed by atoms with van der Waals surface area (Å²) in [5.74, 6) is 0.132. The molecule has 2 aliphatic rings. The van der Waals surface area contributed by atoms with Crippen molar-refractivity contribution in [2.45, 2.75) is 51.5 Å². The first kappa shape index (κ1) is 17.2. The molecular formula is C17H25N3O3S. The van der Waals surface area contributed by atoms with E-state index in [1.807, 2.05) is 6.92 Å². The van der Waals surface area contributed by atoms with Crippen molar-refractivity contribution in [3.63, 3.8) is 0 Å². The van der Waals surface area contributed by atoms with Gasteiger partial charge in [0.2, 0.25) is 0 Å². The third kappa shape index (κ3) is 4.06. The highest BCUT2D eigenvalue weighted by molar-refractivity contribution is 7.91. The zero-order valence-corrected chi connectivity index (χ0v) is 14.9. The fourth-order valence-corrected chi connectivity index (χ4v) is 5.19. The maximum Gasteiger partial charge on any atom is 0.271 e. The molecule has 24 heavy (non-hydrogen) atoms. The predicted molar refractivity (Wildman–Crippen MR) is 92.8 cm³/mol. The molecule has 6 nitrogen and oxygen atoms in total. The van der Waals surface area contributed by atoms with Crippen molar-refractivity contribution in [3.05, 3.63) is 29.1 Å². The standard InChI is InChI=1S/C17H25N3O3S/c1-13-11-16(19-20(13)15-8-10-24(22,23)12-15)17(21)18-9-7-14-5-3-2-4-6-14/h5,11,15H,2-4,6-10,12H2,1H3,(H,18,21). The van der Waals surface area contributed by atoms with E-state index in [1.165, 1.54) is 18.4 Å². The van der Waals surface area contributed by atoms with Crippen LogP contribution in [0, 0.1) is 6.92 Å². The lowest BCUT2D eigenvalue weighted by molar-refractivity contribution is 0.0948. The third-order valence-corrected chi connectivity index (χ3v) is 6.58. The number of aromatic nitrogens is 2. The Morgan fingerprint density at radius 2 is 2.25 bits per heavy atom. The van der Waals surface area contributed by atoms with Crippen LogP contribution in [0.3, 0.4) is 0 Å². The molecule has 1 unspecified atom stereocenters. The Morgan fingerprint density at radius 3 is 2.92 bits per heavy atom. The fraction of sp³-hybridized carbons (Fsp3) is 0.647. The zero-order chi connectivity index (χ0) is 17.2. The van der Waals surface area contributed by atoms with Crippen molar-refractivity contribution in [3.8, 4) is 0 Å². The number of carbonyl (C=O) groups excluding carboxylic acids is 1. The number of hydrogen-bond acceptors (Lipinski definition) is 4. The predicted octanol–water partition coefficient (Wildman–Crippen LogP) is 2.17. The summed E-state index contributed by atoms with van der Waals surface area (Å²) in [6, 6.07) is 1.59. The molecule has 1 aromatic rings. The van der Waals surface area contributed by atoms with Crippen LogP contribution in [0.2, 0.25) is 0 Å². The molecule has 1 aliphatic heterocycles. The van der Waals surface area contributed by atoms with Crippen molar-refractivity contribution in [1.82, 2.24) is 15.1 Å². The molecule has 1 fully saturated rings. The second-order valence-electron chi connectivity index (χ2n) is 6.79. The van der Waals surface area contributed by atoms with Gasteiger partial charge in [0.1, 0.15) is 5.69 Å². The molecule has 2 heterocycles. The Bertz CT molecular complexity index is 749. The number of nitrogens with zero attached hydrogens (tertiary/aromatic N) is 2. The lowest BCUT2D eigenvalue weighted by Crippen LogP contribution is -2.25. The van der Waals surface area contributed by atoms with Crippen molar-refractivity contribution in [2.24, 2.45) is 0 Å². The van der Waals surface area contributed by atoms with E-state index in [0.717, 1.165) is 25.0 Å². The van der Waals surface area contributed by atoms with E-state index in [0.29, 0.717) is 18.7 Å². The topological polar surface area (TPSA) is 81.1 Å². The minimum atomic E-state index is -2.97. The van der Waals surface area contributed by atoms with E-state index in [2.05, 4.69) is 16.5 Å². The average Bonchev–Trinajstić information content (AvgIpc) is 3.10. The van der Waals surface area contributed by atoms with Gasteiger partial charge in [0, 0.05) is 12.2 Å². The highest BCUT2D eigenvalue weighted by atomic mass is 32.2. The van der Waals surface area contributed by atoms with Gasteiger partial charge in [-0.2, -0.15) is 5.10 Å². The largest absolute Gasteiger partial charge is 0.350 e. The number of hydrogen-bond donors (Lipinski definition) is 1. The second-order valence-corrected chi connectivity index (χ2v) is 9.02. The van der Waals surface area contributed by atoms with E-state index in [-0.39, 0.29) is 23.5 Å². The monoisotopic (exact) mass is 351 g/mol. The highest BCUT2D eigenvalue weighted by Crippen LogP contribution is 2.24. The molecule has 1 saturated heterocycles. The number of rotatable bonds is 5.